The lowest BCUT2D eigenvalue weighted by atomic mass is 10.1. The zero-order valence-electron chi connectivity index (χ0n) is 11.8. The molecule has 3 aromatic rings. The van der Waals surface area contributed by atoms with Gasteiger partial charge in [-0.05, 0) is 12.1 Å². The lowest BCUT2D eigenvalue weighted by Crippen LogP contribution is -2.07. The van der Waals surface area contributed by atoms with Crippen molar-refractivity contribution in [3.8, 4) is 28.7 Å². The van der Waals surface area contributed by atoms with Gasteiger partial charge in [-0.25, -0.2) is 9.78 Å². The number of hydrogen-bond donors (Lipinski definition) is 2. The maximum atomic E-state index is 11.5. The largest absolute Gasteiger partial charge is 0.476 e. The van der Waals surface area contributed by atoms with Crippen LogP contribution in [0.3, 0.4) is 0 Å². The third kappa shape index (κ3) is 2.51. The summed E-state index contributed by atoms with van der Waals surface area (Å²) in [7, 11) is 0. The average Bonchev–Trinajstić information content (AvgIpc) is 2.93. The van der Waals surface area contributed by atoms with Crippen LogP contribution >= 0.6 is 0 Å². The van der Waals surface area contributed by atoms with Crippen LogP contribution in [0.5, 0.6) is 0 Å². The highest BCUT2D eigenvalue weighted by molar-refractivity contribution is 5.94. The normalized spacial score (nSPS) is 10.2. The van der Waals surface area contributed by atoms with E-state index in [1.54, 1.807) is 48.5 Å². The van der Waals surface area contributed by atoms with Crippen molar-refractivity contribution in [1.82, 2.24) is 9.71 Å². The molecule has 1 aromatic heterocycles. The Balaban J connectivity index is 2.24. The van der Waals surface area contributed by atoms with E-state index in [9.17, 15) is 15.1 Å². The molecule has 1 heterocycles. The van der Waals surface area contributed by atoms with Crippen LogP contribution in [0.15, 0.2) is 54.6 Å². The van der Waals surface area contributed by atoms with Crippen molar-refractivity contribution in [3.05, 3.63) is 65.9 Å². The van der Waals surface area contributed by atoms with Gasteiger partial charge in [-0.3, -0.25) is 0 Å². The fourth-order valence-corrected chi connectivity index (χ4v) is 2.32. The molecule has 0 amide bonds. The zero-order valence-corrected chi connectivity index (χ0v) is 11.8. The van der Waals surface area contributed by atoms with E-state index in [1.165, 1.54) is 6.07 Å². The maximum Gasteiger partial charge on any atom is 0.358 e. The lowest BCUT2D eigenvalue weighted by Gasteiger charge is -2.02. The van der Waals surface area contributed by atoms with Crippen LogP contribution in [0.1, 0.15) is 16.1 Å². The molecule has 0 aliphatic heterocycles. The number of carboxylic acids is 1. The second-order valence-corrected chi connectivity index (χ2v) is 4.81. The van der Waals surface area contributed by atoms with Gasteiger partial charge in [0.1, 0.15) is 5.69 Å². The van der Waals surface area contributed by atoms with E-state index in [4.69, 9.17) is 5.26 Å². The van der Waals surface area contributed by atoms with E-state index in [0.29, 0.717) is 21.4 Å². The maximum absolute atomic E-state index is 11.5. The molecule has 23 heavy (non-hydrogen) atoms. The second kappa shape index (κ2) is 5.66. The Morgan fingerprint density at radius 2 is 1.78 bits per heavy atom. The van der Waals surface area contributed by atoms with Crippen molar-refractivity contribution in [2.75, 3.05) is 0 Å². The van der Waals surface area contributed by atoms with Gasteiger partial charge in [-0.15, -0.1) is 0 Å². The molecular formula is C17H11N3O3. The third-order valence-corrected chi connectivity index (χ3v) is 3.35. The summed E-state index contributed by atoms with van der Waals surface area (Å²) in [5.74, 6) is -1.22. The van der Waals surface area contributed by atoms with Crippen LogP contribution in [-0.2, 0) is 0 Å². The Kier molecular flexibility index (Phi) is 3.53. The number of carbonyl (C=O) groups is 1. The standard InChI is InChI=1S/C17H11N3O3/c18-10-11-5-4-8-13(9-11)16-19-14(12-6-2-1-3-7-12)15(17(21)22)20(16)23/h1-9,23H,(H,21,22). The van der Waals surface area contributed by atoms with E-state index in [-0.39, 0.29) is 17.2 Å². The number of hydrogen-bond acceptors (Lipinski definition) is 4. The summed E-state index contributed by atoms with van der Waals surface area (Å²) in [4.78, 5) is 15.8. The highest BCUT2D eigenvalue weighted by Gasteiger charge is 2.24. The first-order valence-corrected chi connectivity index (χ1v) is 6.73. The van der Waals surface area contributed by atoms with Crippen LogP contribution in [0.25, 0.3) is 22.6 Å². The molecule has 112 valence electrons. The number of aromatic carboxylic acids is 1. The second-order valence-electron chi connectivity index (χ2n) is 4.81. The van der Waals surface area contributed by atoms with Crippen molar-refractivity contribution in [2.45, 2.75) is 0 Å². The molecule has 0 aliphatic rings. The number of benzene rings is 2. The Morgan fingerprint density at radius 3 is 2.43 bits per heavy atom. The summed E-state index contributed by atoms with van der Waals surface area (Å²) < 4.78 is 0.543. The topological polar surface area (TPSA) is 99.1 Å². The number of imidazole rings is 1. The zero-order chi connectivity index (χ0) is 16.4. The van der Waals surface area contributed by atoms with Crippen molar-refractivity contribution in [2.24, 2.45) is 0 Å². The lowest BCUT2D eigenvalue weighted by molar-refractivity contribution is 0.0648. The highest BCUT2D eigenvalue weighted by atomic mass is 16.5. The predicted molar refractivity (Wildman–Crippen MR) is 82.0 cm³/mol. The summed E-state index contributed by atoms with van der Waals surface area (Å²) in [5, 5.41) is 28.6. The van der Waals surface area contributed by atoms with E-state index < -0.39 is 5.97 Å². The fraction of sp³-hybridized carbons (Fsp3) is 0. The van der Waals surface area contributed by atoms with Crippen molar-refractivity contribution in [3.63, 3.8) is 0 Å². The smallest absolute Gasteiger partial charge is 0.358 e. The van der Waals surface area contributed by atoms with Gasteiger partial charge < -0.3 is 10.3 Å². The van der Waals surface area contributed by atoms with Gasteiger partial charge in [0.25, 0.3) is 0 Å². The molecule has 0 atom stereocenters. The molecule has 0 spiro atoms. The number of nitriles is 1. The van der Waals surface area contributed by atoms with Crippen molar-refractivity contribution in [1.29, 1.82) is 5.26 Å². The SMILES string of the molecule is N#Cc1cccc(-c2nc(-c3ccccc3)c(C(=O)O)n2O)c1. The third-order valence-electron chi connectivity index (χ3n) is 3.35. The Bertz CT molecular complexity index is 924. The monoisotopic (exact) mass is 305 g/mol. The molecule has 2 N–H and O–H groups in total. The van der Waals surface area contributed by atoms with Gasteiger partial charge in [0.15, 0.2) is 11.5 Å². The molecule has 6 nitrogen and oxygen atoms in total. The molecule has 0 unspecified atom stereocenters. The van der Waals surface area contributed by atoms with Crippen molar-refractivity contribution >= 4 is 5.97 Å². The minimum atomic E-state index is -1.29. The molecule has 0 bridgehead atoms. The minimum absolute atomic E-state index is 0.0679. The first-order chi connectivity index (χ1) is 11.1. The van der Waals surface area contributed by atoms with Crippen LogP contribution in [0.4, 0.5) is 0 Å². The van der Waals surface area contributed by atoms with E-state index in [2.05, 4.69) is 4.98 Å². The van der Waals surface area contributed by atoms with Crippen LogP contribution in [0, 0.1) is 11.3 Å². The summed E-state index contributed by atoms with van der Waals surface area (Å²) in [6.07, 6.45) is 0. The Morgan fingerprint density at radius 1 is 1.09 bits per heavy atom. The van der Waals surface area contributed by atoms with Crippen LogP contribution in [-0.4, -0.2) is 26.0 Å². The molecule has 6 heteroatoms. The molecule has 0 saturated carbocycles. The number of aromatic nitrogens is 2. The van der Waals surface area contributed by atoms with E-state index >= 15 is 0 Å². The molecule has 0 saturated heterocycles. The average molecular weight is 305 g/mol. The summed E-state index contributed by atoms with van der Waals surface area (Å²) in [6, 6.07) is 17.2. The molecule has 3 rings (SSSR count). The molecule has 2 aromatic carbocycles. The first kappa shape index (κ1) is 14.4. The van der Waals surface area contributed by atoms with Crippen molar-refractivity contribution < 1.29 is 15.1 Å². The molecule has 0 aliphatic carbocycles. The van der Waals surface area contributed by atoms with Gasteiger partial charge in [0.2, 0.25) is 0 Å². The quantitative estimate of drug-likeness (QED) is 0.725. The number of carboxylic acid groups (broad SMARTS) is 1. The van der Waals surface area contributed by atoms with Crippen LogP contribution < -0.4 is 0 Å². The predicted octanol–water partition coefficient (Wildman–Crippen LogP) is 3.02. The molecule has 0 radical (unpaired) electrons. The molecular weight excluding hydrogens is 294 g/mol. The fourth-order valence-electron chi connectivity index (χ4n) is 2.32. The first-order valence-electron chi connectivity index (χ1n) is 6.73. The van der Waals surface area contributed by atoms with Gasteiger partial charge >= 0.3 is 5.97 Å². The minimum Gasteiger partial charge on any atom is -0.476 e. The van der Waals surface area contributed by atoms with Gasteiger partial charge in [-0.1, -0.05) is 42.5 Å². The van der Waals surface area contributed by atoms with E-state index in [0.717, 1.165) is 0 Å². The Hall–Kier alpha value is -3.59. The van der Waals surface area contributed by atoms with Gasteiger partial charge in [-0.2, -0.15) is 9.99 Å². The Labute approximate surface area is 131 Å². The van der Waals surface area contributed by atoms with Gasteiger partial charge in [0.05, 0.1) is 11.6 Å². The number of nitrogens with zero attached hydrogens (tertiary/aromatic N) is 3. The highest BCUT2D eigenvalue weighted by Crippen LogP contribution is 2.28. The van der Waals surface area contributed by atoms with Gasteiger partial charge in [0, 0.05) is 11.1 Å². The van der Waals surface area contributed by atoms with E-state index in [1.807, 2.05) is 6.07 Å². The summed E-state index contributed by atoms with van der Waals surface area (Å²) >= 11 is 0. The summed E-state index contributed by atoms with van der Waals surface area (Å²) in [5.41, 5.74) is 1.27. The molecule has 0 fully saturated rings. The van der Waals surface area contributed by atoms with Crippen LogP contribution in [0.2, 0.25) is 0 Å². The summed E-state index contributed by atoms with van der Waals surface area (Å²) in [6.45, 7) is 0. The number of rotatable bonds is 3.